The molecule has 0 saturated carbocycles. The summed E-state index contributed by atoms with van der Waals surface area (Å²) >= 11 is 13.2. The van der Waals surface area contributed by atoms with Crippen molar-refractivity contribution >= 4 is 46.8 Å². The first-order chi connectivity index (χ1) is 10.3. The average molecular weight is 364 g/mol. The Hall–Kier alpha value is -1.11. The van der Waals surface area contributed by atoms with Crippen LogP contribution in [-0.4, -0.2) is 40.1 Å². The quantitative estimate of drug-likeness (QED) is 0.840. The fourth-order valence-corrected chi connectivity index (χ4v) is 3.64. The number of amides is 1. The van der Waals surface area contributed by atoms with Gasteiger partial charge in [0.2, 0.25) is 0 Å². The van der Waals surface area contributed by atoms with Crippen molar-refractivity contribution in [2.24, 2.45) is 0 Å². The van der Waals surface area contributed by atoms with E-state index in [-0.39, 0.29) is 0 Å². The number of hydrogen-bond donors (Lipinski definition) is 2. The van der Waals surface area contributed by atoms with Crippen molar-refractivity contribution in [1.82, 2.24) is 5.32 Å². The molecule has 2 atom stereocenters. The molecule has 0 spiro atoms. The number of thioether (sulfide) groups is 1. The van der Waals surface area contributed by atoms with Gasteiger partial charge in [-0.25, -0.2) is 4.79 Å². The largest absolute Gasteiger partial charge is 0.481 e. The van der Waals surface area contributed by atoms with Crippen molar-refractivity contribution < 1.29 is 19.4 Å². The van der Waals surface area contributed by atoms with Crippen LogP contribution >= 0.6 is 35.0 Å². The SMILES string of the molecule is CC(Oc1ccc(Cl)c(Cl)c1)C(=O)NC1(C(=O)O)CCSC1. The van der Waals surface area contributed by atoms with Gasteiger partial charge in [0.05, 0.1) is 10.0 Å². The third kappa shape index (κ3) is 3.80. The summed E-state index contributed by atoms with van der Waals surface area (Å²) in [7, 11) is 0. The topological polar surface area (TPSA) is 75.6 Å². The molecule has 5 nitrogen and oxygen atoms in total. The van der Waals surface area contributed by atoms with E-state index in [0.29, 0.717) is 33.7 Å². The zero-order chi connectivity index (χ0) is 16.3. The molecule has 1 aliphatic heterocycles. The maximum atomic E-state index is 12.2. The third-order valence-electron chi connectivity index (χ3n) is 3.37. The van der Waals surface area contributed by atoms with E-state index >= 15 is 0 Å². The minimum Gasteiger partial charge on any atom is -0.481 e. The Morgan fingerprint density at radius 2 is 2.14 bits per heavy atom. The molecule has 1 aliphatic rings. The molecule has 1 aromatic carbocycles. The number of ether oxygens (including phenoxy) is 1. The number of carbonyl (C=O) groups is 2. The third-order valence-corrected chi connectivity index (χ3v) is 5.30. The van der Waals surface area contributed by atoms with Gasteiger partial charge in [0, 0.05) is 11.8 Å². The molecule has 2 rings (SSSR count). The lowest BCUT2D eigenvalue weighted by atomic mass is 9.99. The predicted octanol–water partition coefficient (Wildman–Crippen LogP) is 2.84. The maximum Gasteiger partial charge on any atom is 0.330 e. The highest BCUT2D eigenvalue weighted by Gasteiger charge is 2.44. The molecule has 2 unspecified atom stereocenters. The van der Waals surface area contributed by atoms with Crippen LogP contribution in [-0.2, 0) is 9.59 Å². The van der Waals surface area contributed by atoms with Crippen molar-refractivity contribution in [2.45, 2.75) is 25.0 Å². The van der Waals surface area contributed by atoms with E-state index in [4.69, 9.17) is 27.9 Å². The van der Waals surface area contributed by atoms with Gasteiger partial charge in [-0.1, -0.05) is 23.2 Å². The number of halogens is 2. The molecule has 0 radical (unpaired) electrons. The van der Waals surface area contributed by atoms with Crippen LogP contribution in [0.1, 0.15) is 13.3 Å². The minimum atomic E-state index is -1.21. The number of rotatable bonds is 5. The van der Waals surface area contributed by atoms with Gasteiger partial charge < -0.3 is 15.2 Å². The van der Waals surface area contributed by atoms with Gasteiger partial charge in [-0.05, 0) is 31.2 Å². The van der Waals surface area contributed by atoms with E-state index in [0.717, 1.165) is 0 Å². The summed E-state index contributed by atoms with van der Waals surface area (Å²) in [5.41, 5.74) is -1.21. The van der Waals surface area contributed by atoms with E-state index in [2.05, 4.69) is 5.32 Å². The molecular formula is C14H15Cl2NO4S. The summed E-state index contributed by atoms with van der Waals surface area (Å²) < 4.78 is 5.49. The zero-order valence-electron chi connectivity index (χ0n) is 11.8. The van der Waals surface area contributed by atoms with Crippen LogP contribution in [0.4, 0.5) is 0 Å². The number of aliphatic carboxylic acids is 1. The van der Waals surface area contributed by atoms with Crippen LogP contribution < -0.4 is 10.1 Å². The smallest absolute Gasteiger partial charge is 0.330 e. The van der Waals surface area contributed by atoms with Crippen LogP contribution in [0.5, 0.6) is 5.75 Å². The summed E-state index contributed by atoms with van der Waals surface area (Å²) in [5.74, 6) is -0.0480. The molecule has 1 amide bonds. The molecular weight excluding hydrogens is 349 g/mol. The van der Waals surface area contributed by atoms with Crippen LogP contribution in [0, 0.1) is 0 Å². The Morgan fingerprint density at radius 3 is 2.68 bits per heavy atom. The van der Waals surface area contributed by atoms with Gasteiger partial charge >= 0.3 is 5.97 Å². The molecule has 22 heavy (non-hydrogen) atoms. The van der Waals surface area contributed by atoms with Crippen molar-refractivity contribution in [3.8, 4) is 5.75 Å². The molecule has 1 saturated heterocycles. The van der Waals surface area contributed by atoms with Crippen molar-refractivity contribution in [2.75, 3.05) is 11.5 Å². The lowest BCUT2D eigenvalue weighted by Gasteiger charge is -2.26. The Morgan fingerprint density at radius 1 is 1.41 bits per heavy atom. The Labute approximate surface area is 142 Å². The predicted molar refractivity (Wildman–Crippen MR) is 87.0 cm³/mol. The first kappa shape index (κ1) is 17.2. The number of carboxylic acids is 1. The van der Waals surface area contributed by atoms with E-state index in [9.17, 15) is 14.7 Å². The Balaban J connectivity index is 2.02. The first-order valence-corrected chi connectivity index (χ1v) is 8.50. The molecule has 8 heteroatoms. The van der Waals surface area contributed by atoms with Crippen LogP contribution in [0.3, 0.4) is 0 Å². The highest BCUT2D eigenvalue weighted by atomic mass is 35.5. The van der Waals surface area contributed by atoms with E-state index in [1.807, 2.05) is 0 Å². The first-order valence-electron chi connectivity index (χ1n) is 6.59. The number of nitrogens with one attached hydrogen (secondary N) is 1. The second-order valence-corrected chi connectivity index (χ2v) is 6.93. The molecule has 1 fully saturated rings. The standard InChI is InChI=1S/C14H15Cl2NO4S/c1-8(21-9-2-3-10(15)11(16)6-9)12(18)17-14(13(19)20)4-5-22-7-14/h2-3,6,8H,4-5,7H2,1H3,(H,17,18)(H,19,20). The number of hydrogen-bond acceptors (Lipinski definition) is 4. The molecule has 0 aromatic heterocycles. The molecule has 120 valence electrons. The summed E-state index contributed by atoms with van der Waals surface area (Å²) in [5, 5.41) is 12.7. The lowest BCUT2D eigenvalue weighted by molar-refractivity contribution is -0.147. The van der Waals surface area contributed by atoms with Gasteiger partial charge in [-0.3, -0.25) is 4.79 Å². The second-order valence-electron chi connectivity index (χ2n) is 5.02. The fraction of sp³-hybridized carbons (Fsp3) is 0.429. The summed E-state index contributed by atoms with van der Waals surface area (Å²) in [6, 6.07) is 4.67. The summed E-state index contributed by atoms with van der Waals surface area (Å²) in [4.78, 5) is 23.6. The average Bonchev–Trinajstić information content (AvgIpc) is 2.92. The van der Waals surface area contributed by atoms with Gasteiger partial charge in [0.25, 0.3) is 5.91 Å². The van der Waals surface area contributed by atoms with Crippen molar-refractivity contribution in [1.29, 1.82) is 0 Å². The van der Waals surface area contributed by atoms with Crippen LogP contribution in [0.25, 0.3) is 0 Å². The summed E-state index contributed by atoms with van der Waals surface area (Å²) in [6.45, 7) is 1.55. The Kier molecular flexibility index (Phi) is 5.47. The Bertz CT molecular complexity index is 590. The van der Waals surface area contributed by atoms with Gasteiger partial charge in [-0.2, -0.15) is 11.8 Å². The number of carbonyl (C=O) groups excluding carboxylic acids is 1. The zero-order valence-corrected chi connectivity index (χ0v) is 14.1. The van der Waals surface area contributed by atoms with E-state index in [1.54, 1.807) is 19.1 Å². The minimum absolute atomic E-state index is 0.320. The maximum absolute atomic E-state index is 12.2. The van der Waals surface area contributed by atoms with Gasteiger partial charge in [0.1, 0.15) is 11.3 Å². The molecule has 1 heterocycles. The number of carboxylic acid groups (broad SMARTS) is 1. The second kappa shape index (κ2) is 6.98. The van der Waals surface area contributed by atoms with Crippen LogP contribution in [0.15, 0.2) is 18.2 Å². The highest BCUT2D eigenvalue weighted by molar-refractivity contribution is 7.99. The van der Waals surface area contributed by atoms with Crippen molar-refractivity contribution in [3.63, 3.8) is 0 Å². The van der Waals surface area contributed by atoms with Gasteiger partial charge in [0.15, 0.2) is 6.10 Å². The summed E-state index contributed by atoms with van der Waals surface area (Å²) in [6.07, 6.45) is -0.447. The molecule has 1 aromatic rings. The lowest BCUT2D eigenvalue weighted by Crippen LogP contribution is -2.57. The van der Waals surface area contributed by atoms with E-state index < -0.39 is 23.5 Å². The molecule has 2 N–H and O–H groups in total. The van der Waals surface area contributed by atoms with Crippen LogP contribution in [0.2, 0.25) is 10.0 Å². The fourth-order valence-electron chi connectivity index (χ4n) is 2.03. The highest BCUT2D eigenvalue weighted by Crippen LogP contribution is 2.29. The number of benzene rings is 1. The van der Waals surface area contributed by atoms with Gasteiger partial charge in [-0.15, -0.1) is 0 Å². The monoisotopic (exact) mass is 363 g/mol. The molecule has 0 bridgehead atoms. The molecule has 0 aliphatic carbocycles. The normalized spacial score (nSPS) is 22.1. The van der Waals surface area contributed by atoms with E-state index in [1.165, 1.54) is 17.8 Å². The van der Waals surface area contributed by atoms with Crippen molar-refractivity contribution in [3.05, 3.63) is 28.2 Å².